The maximum absolute atomic E-state index is 12.7. The van der Waals surface area contributed by atoms with Gasteiger partial charge < -0.3 is 9.64 Å². The number of likely N-dealkylation sites (tertiary alicyclic amines) is 1. The zero-order chi connectivity index (χ0) is 18.0. The van der Waals surface area contributed by atoms with Crippen molar-refractivity contribution in [3.05, 3.63) is 46.1 Å². The van der Waals surface area contributed by atoms with Gasteiger partial charge in [-0.25, -0.2) is 9.48 Å². The van der Waals surface area contributed by atoms with Crippen LogP contribution in [-0.2, 0) is 13.6 Å². The van der Waals surface area contributed by atoms with E-state index in [0.717, 1.165) is 18.7 Å². The second kappa shape index (κ2) is 7.13. The summed E-state index contributed by atoms with van der Waals surface area (Å²) in [5.41, 5.74) is 0.563. The molecule has 0 spiro atoms. The molecule has 7 nitrogen and oxygen atoms in total. The zero-order valence-electron chi connectivity index (χ0n) is 14.9. The first-order valence-corrected chi connectivity index (χ1v) is 8.62. The van der Waals surface area contributed by atoms with Crippen molar-refractivity contribution in [2.45, 2.75) is 32.2 Å². The van der Waals surface area contributed by atoms with Crippen LogP contribution in [0.3, 0.4) is 0 Å². The lowest BCUT2D eigenvalue weighted by Crippen LogP contribution is -2.38. The molecule has 25 heavy (non-hydrogen) atoms. The van der Waals surface area contributed by atoms with Gasteiger partial charge in [0.05, 0.1) is 7.11 Å². The topological polar surface area (TPSA) is 69.4 Å². The zero-order valence-corrected chi connectivity index (χ0v) is 14.9. The van der Waals surface area contributed by atoms with E-state index in [9.17, 15) is 9.59 Å². The van der Waals surface area contributed by atoms with Crippen molar-refractivity contribution in [1.82, 2.24) is 19.2 Å². The van der Waals surface area contributed by atoms with Gasteiger partial charge in [0.1, 0.15) is 11.6 Å². The lowest BCUT2D eigenvalue weighted by Gasteiger charge is -2.31. The molecule has 0 unspecified atom stereocenters. The summed E-state index contributed by atoms with van der Waals surface area (Å²) in [4.78, 5) is 26.6. The van der Waals surface area contributed by atoms with Gasteiger partial charge in [-0.3, -0.25) is 9.36 Å². The van der Waals surface area contributed by atoms with Crippen molar-refractivity contribution in [3.63, 3.8) is 0 Å². The lowest BCUT2D eigenvalue weighted by molar-refractivity contribution is 0.0709. The predicted molar refractivity (Wildman–Crippen MR) is 94.0 cm³/mol. The molecule has 0 atom stereocenters. The predicted octanol–water partition coefficient (Wildman–Crippen LogP) is 1.63. The van der Waals surface area contributed by atoms with Gasteiger partial charge >= 0.3 is 5.69 Å². The Morgan fingerprint density at radius 3 is 2.68 bits per heavy atom. The Labute approximate surface area is 146 Å². The normalized spacial score (nSPS) is 15.4. The van der Waals surface area contributed by atoms with Gasteiger partial charge in [0.15, 0.2) is 0 Å². The minimum Gasteiger partial charge on any atom is -0.497 e. The van der Waals surface area contributed by atoms with Gasteiger partial charge in [0, 0.05) is 38.2 Å². The number of amides is 1. The highest BCUT2D eigenvalue weighted by Gasteiger charge is 2.28. The van der Waals surface area contributed by atoms with Gasteiger partial charge in [-0.1, -0.05) is 6.07 Å². The standard InChI is InChI=1S/C18H24N4O3/c1-4-22-16(19-20(2)18(22)24)13-8-10-21(11-9-13)17(23)14-6-5-7-15(12-14)25-3/h5-7,12-13H,4,8-11H2,1-3H3. The molecule has 2 heterocycles. The molecule has 1 aliphatic heterocycles. The third kappa shape index (κ3) is 3.31. The highest BCUT2D eigenvalue weighted by molar-refractivity contribution is 5.94. The molecule has 1 amide bonds. The Hall–Kier alpha value is -2.57. The van der Waals surface area contributed by atoms with E-state index in [2.05, 4.69) is 5.10 Å². The molecule has 0 saturated carbocycles. The number of hydrogen-bond donors (Lipinski definition) is 0. The fourth-order valence-electron chi connectivity index (χ4n) is 3.40. The number of aromatic nitrogens is 3. The smallest absolute Gasteiger partial charge is 0.345 e. The van der Waals surface area contributed by atoms with Crippen LogP contribution in [0.1, 0.15) is 41.9 Å². The molecular formula is C18H24N4O3. The SMILES string of the molecule is CCn1c(C2CCN(C(=O)c3cccc(OC)c3)CC2)nn(C)c1=O. The monoisotopic (exact) mass is 344 g/mol. The molecule has 3 rings (SSSR count). The highest BCUT2D eigenvalue weighted by atomic mass is 16.5. The molecule has 2 aromatic rings. The van der Waals surface area contributed by atoms with Crippen LogP contribution in [0.15, 0.2) is 29.1 Å². The highest BCUT2D eigenvalue weighted by Crippen LogP contribution is 2.27. The van der Waals surface area contributed by atoms with Crippen molar-refractivity contribution in [3.8, 4) is 5.75 Å². The molecule has 1 saturated heterocycles. The second-order valence-corrected chi connectivity index (χ2v) is 6.31. The van der Waals surface area contributed by atoms with Crippen molar-refractivity contribution < 1.29 is 9.53 Å². The van der Waals surface area contributed by atoms with E-state index in [1.165, 1.54) is 4.68 Å². The fraction of sp³-hybridized carbons (Fsp3) is 0.500. The van der Waals surface area contributed by atoms with Crippen molar-refractivity contribution in [2.75, 3.05) is 20.2 Å². The lowest BCUT2D eigenvalue weighted by atomic mass is 9.95. The number of benzene rings is 1. The number of methoxy groups -OCH3 is 1. The van der Waals surface area contributed by atoms with Crippen LogP contribution in [0.25, 0.3) is 0 Å². The summed E-state index contributed by atoms with van der Waals surface area (Å²) in [6, 6.07) is 7.23. The van der Waals surface area contributed by atoms with Crippen LogP contribution in [0.2, 0.25) is 0 Å². The molecule has 0 aliphatic carbocycles. The van der Waals surface area contributed by atoms with E-state index in [0.29, 0.717) is 30.9 Å². The number of carbonyl (C=O) groups excluding carboxylic acids is 1. The van der Waals surface area contributed by atoms with E-state index in [4.69, 9.17) is 4.74 Å². The van der Waals surface area contributed by atoms with Crippen LogP contribution in [-0.4, -0.2) is 45.4 Å². The third-order valence-electron chi connectivity index (χ3n) is 4.82. The number of piperidine rings is 1. The van der Waals surface area contributed by atoms with Crippen LogP contribution < -0.4 is 10.4 Å². The van der Waals surface area contributed by atoms with Crippen LogP contribution in [0.4, 0.5) is 0 Å². The second-order valence-electron chi connectivity index (χ2n) is 6.31. The molecule has 1 aromatic carbocycles. The molecule has 0 N–H and O–H groups in total. The number of rotatable bonds is 4. The first kappa shape index (κ1) is 17.3. The minimum atomic E-state index is -0.0765. The summed E-state index contributed by atoms with van der Waals surface area (Å²) >= 11 is 0. The molecule has 1 aliphatic rings. The van der Waals surface area contributed by atoms with E-state index in [-0.39, 0.29) is 17.5 Å². The summed E-state index contributed by atoms with van der Waals surface area (Å²) in [5, 5.41) is 4.40. The Morgan fingerprint density at radius 2 is 2.04 bits per heavy atom. The summed E-state index contributed by atoms with van der Waals surface area (Å²) < 4.78 is 8.31. The summed E-state index contributed by atoms with van der Waals surface area (Å²) in [5.74, 6) is 1.75. The van der Waals surface area contributed by atoms with E-state index < -0.39 is 0 Å². The van der Waals surface area contributed by atoms with E-state index in [1.54, 1.807) is 24.8 Å². The minimum absolute atomic E-state index is 0.0197. The molecule has 0 radical (unpaired) electrons. The van der Waals surface area contributed by atoms with E-state index in [1.807, 2.05) is 30.0 Å². The molecule has 134 valence electrons. The summed E-state index contributed by atoms with van der Waals surface area (Å²) in [6.07, 6.45) is 1.62. The largest absolute Gasteiger partial charge is 0.497 e. The molecular weight excluding hydrogens is 320 g/mol. The van der Waals surface area contributed by atoms with Crippen molar-refractivity contribution >= 4 is 5.91 Å². The third-order valence-corrected chi connectivity index (χ3v) is 4.82. The molecule has 0 bridgehead atoms. The summed E-state index contributed by atoms with van der Waals surface area (Å²) in [7, 11) is 3.27. The number of hydrogen-bond acceptors (Lipinski definition) is 4. The number of carbonyl (C=O) groups is 1. The number of ether oxygens (including phenoxy) is 1. The average Bonchev–Trinajstić information content (AvgIpc) is 2.95. The van der Waals surface area contributed by atoms with Gasteiger partial charge in [-0.15, -0.1) is 0 Å². The van der Waals surface area contributed by atoms with Gasteiger partial charge in [-0.2, -0.15) is 5.10 Å². The quantitative estimate of drug-likeness (QED) is 0.845. The molecule has 1 aromatic heterocycles. The first-order valence-electron chi connectivity index (χ1n) is 8.62. The molecule has 1 fully saturated rings. The van der Waals surface area contributed by atoms with Crippen LogP contribution >= 0.6 is 0 Å². The number of aryl methyl sites for hydroxylation is 1. The van der Waals surface area contributed by atoms with E-state index >= 15 is 0 Å². The fourth-order valence-corrected chi connectivity index (χ4v) is 3.40. The Kier molecular flexibility index (Phi) is 4.92. The van der Waals surface area contributed by atoms with Gasteiger partial charge in [0.25, 0.3) is 5.91 Å². The first-order chi connectivity index (χ1) is 12.0. The number of nitrogens with zero attached hydrogens (tertiary/aromatic N) is 4. The molecule has 7 heteroatoms. The Bertz CT molecular complexity index is 816. The van der Waals surface area contributed by atoms with Gasteiger partial charge in [0.2, 0.25) is 0 Å². The van der Waals surface area contributed by atoms with Crippen LogP contribution in [0, 0.1) is 0 Å². The maximum Gasteiger partial charge on any atom is 0.345 e. The maximum atomic E-state index is 12.7. The Balaban J connectivity index is 1.70. The Morgan fingerprint density at radius 1 is 1.32 bits per heavy atom. The average molecular weight is 344 g/mol. The van der Waals surface area contributed by atoms with Crippen LogP contribution in [0.5, 0.6) is 5.75 Å². The summed E-state index contributed by atoms with van der Waals surface area (Å²) in [6.45, 7) is 3.89. The van der Waals surface area contributed by atoms with Crippen molar-refractivity contribution in [1.29, 1.82) is 0 Å². The van der Waals surface area contributed by atoms with Gasteiger partial charge in [-0.05, 0) is 38.0 Å². The van der Waals surface area contributed by atoms with Crippen molar-refractivity contribution in [2.24, 2.45) is 7.05 Å².